The number of carbonyl (C=O) groups excluding carboxylic acids is 3. The lowest BCUT2D eigenvalue weighted by Crippen LogP contribution is -2.39. The molecule has 0 unspecified atom stereocenters. The molecule has 4 aromatic rings. The van der Waals surface area contributed by atoms with Crippen LogP contribution in [0.5, 0.6) is 0 Å². The van der Waals surface area contributed by atoms with Crippen molar-refractivity contribution in [1.82, 2.24) is 15.3 Å². The molecule has 40 heavy (non-hydrogen) atoms. The highest BCUT2D eigenvalue weighted by molar-refractivity contribution is 6.30. The van der Waals surface area contributed by atoms with Crippen molar-refractivity contribution in [1.29, 1.82) is 0 Å². The number of amides is 3. The van der Waals surface area contributed by atoms with Gasteiger partial charge in [0.25, 0.3) is 11.8 Å². The molecular weight excluding hydrogens is 528 g/mol. The highest BCUT2D eigenvalue weighted by Gasteiger charge is 2.30. The first-order valence-electron chi connectivity index (χ1n) is 12.9. The molecule has 5 rings (SSSR count). The SMILES string of the molecule is O=C(Nc1ccc(Cl)cn1)c1ccccc1NC(=O)c1ccccc1N(C(=O)C1CCNCC1)c1ccncc1. The molecule has 1 aliphatic heterocycles. The van der Waals surface area contributed by atoms with Crippen molar-refractivity contribution in [3.8, 4) is 0 Å². The van der Waals surface area contributed by atoms with Gasteiger partial charge in [-0.1, -0.05) is 35.9 Å². The molecule has 1 fully saturated rings. The number of nitrogens with one attached hydrogen (secondary N) is 3. The second-order valence-corrected chi connectivity index (χ2v) is 9.67. The molecule has 3 amide bonds. The normalized spacial score (nSPS) is 13.3. The maximum absolute atomic E-state index is 13.8. The Morgan fingerprint density at radius 1 is 0.825 bits per heavy atom. The number of aromatic nitrogens is 2. The van der Waals surface area contributed by atoms with Crippen LogP contribution in [-0.2, 0) is 4.79 Å². The minimum atomic E-state index is -0.461. The van der Waals surface area contributed by atoms with E-state index in [1.54, 1.807) is 90.1 Å². The monoisotopic (exact) mass is 554 g/mol. The number of anilines is 4. The van der Waals surface area contributed by atoms with Crippen LogP contribution in [0.25, 0.3) is 0 Å². The van der Waals surface area contributed by atoms with Gasteiger partial charge in [-0.15, -0.1) is 0 Å². The van der Waals surface area contributed by atoms with E-state index in [0.717, 1.165) is 13.1 Å². The second kappa shape index (κ2) is 12.5. The molecule has 1 saturated heterocycles. The van der Waals surface area contributed by atoms with Gasteiger partial charge < -0.3 is 16.0 Å². The number of hydrogen-bond acceptors (Lipinski definition) is 6. The summed E-state index contributed by atoms with van der Waals surface area (Å²) in [6.45, 7) is 1.51. The van der Waals surface area contributed by atoms with Crippen LogP contribution in [0, 0.1) is 5.92 Å². The number of para-hydroxylation sites is 2. The van der Waals surface area contributed by atoms with Gasteiger partial charge in [-0.2, -0.15) is 0 Å². The lowest BCUT2D eigenvalue weighted by Gasteiger charge is -2.31. The molecule has 9 nitrogen and oxygen atoms in total. The Morgan fingerprint density at radius 3 is 2.23 bits per heavy atom. The molecule has 10 heteroatoms. The third-order valence-electron chi connectivity index (χ3n) is 6.61. The Kier molecular flexibility index (Phi) is 8.44. The summed E-state index contributed by atoms with van der Waals surface area (Å²) in [5.74, 6) is -0.846. The Morgan fingerprint density at radius 2 is 1.50 bits per heavy atom. The van der Waals surface area contributed by atoms with E-state index in [2.05, 4.69) is 25.9 Å². The molecule has 0 saturated carbocycles. The van der Waals surface area contributed by atoms with Crippen LogP contribution in [-0.4, -0.2) is 40.8 Å². The predicted molar refractivity (Wildman–Crippen MR) is 155 cm³/mol. The lowest BCUT2D eigenvalue weighted by atomic mass is 9.95. The van der Waals surface area contributed by atoms with Crippen LogP contribution in [0.1, 0.15) is 33.6 Å². The smallest absolute Gasteiger partial charge is 0.258 e. The largest absolute Gasteiger partial charge is 0.321 e. The first-order chi connectivity index (χ1) is 19.5. The summed E-state index contributed by atoms with van der Waals surface area (Å²) in [5, 5.41) is 9.32. The average Bonchev–Trinajstić information content (AvgIpc) is 3.00. The summed E-state index contributed by atoms with van der Waals surface area (Å²) in [7, 11) is 0. The molecule has 2 aromatic heterocycles. The van der Waals surface area contributed by atoms with E-state index >= 15 is 0 Å². The van der Waals surface area contributed by atoms with Crippen LogP contribution in [0.15, 0.2) is 91.4 Å². The number of rotatable bonds is 7. The van der Waals surface area contributed by atoms with Crippen molar-refractivity contribution < 1.29 is 14.4 Å². The van der Waals surface area contributed by atoms with Crippen molar-refractivity contribution in [2.45, 2.75) is 12.8 Å². The molecule has 0 spiro atoms. The van der Waals surface area contributed by atoms with E-state index in [9.17, 15) is 14.4 Å². The second-order valence-electron chi connectivity index (χ2n) is 9.24. The molecule has 0 radical (unpaired) electrons. The summed E-state index contributed by atoms with van der Waals surface area (Å²) < 4.78 is 0. The van der Waals surface area contributed by atoms with Gasteiger partial charge in [0.05, 0.1) is 33.2 Å². The third kappa shape index (κ3) is 6.17. The fraction of sp³-hybridized carbons (Fsp3) is 0.167. The Hall–Kier alpha value is -4.60. The standard InChI is InChI=1S/C30H27ClN6O3/c31-21-9-10-27(34-19-21)36-28(38)23-5-1-3-7-25(23)35-29(39)24-6-2-4-8-26(24)37(22-13-17-33-18-14-22)30(40)20-11-15-32-16-12-20/h1-10,13-14,17-20,32H,11-12,15-16H2,(H,35,39)(H,34,36,38). The van der Waals surface area contributed by atoms with Crippen LogP contribution in [0.4, 0.5) is 22.9 Å². The van der Waals surface area contributed by atoms with Gasteiger partial charge in [0, 0.05) is 24.5 Å². The number of pyridine rings is 2. The van der Waals surface area contributed by atoms with Gasteiger partial charge in [0.2, 0.25) is 5.91 Å². The van der Waals surface area contributed by atoms with Gasteiger partial charge in [0.15, 0.2) is 0 Å². The molecule has 2 aromatic carbocycles. The van der Waals surface area contributed by atoms with Gasteiger partial charge in [0.1, 0.15) is 5.82 Å². The summed E-state index contributed by atoms with van der Waals surface area (Å²) in [4.78, 5) is 50.4. The predicted octanol–water partition coefficient (Wildman–Crippen LogP) is 5.30. The van der Waals surface area contributed by atoms with E-state index in [1.165, 1.54) is 6.20 Å². The van der Waals surface area contributed by atoms with Gasteiger partial charge >= 0.3 is 0 Å². The highest BCUT2D eigenvalue weighted by Crippen LogP contribution is 2.32. The van der Waals surface area contributed by atoms with Crippen molar-refractivity contribution in [3.63, 3.8) is 0 Å². The van der Waals surface area contributed by atoms with E-state index in [4.69, 9.17) is 11.6 Å². The van der Waals surface area contributed by atoms with E-state index < -0.39 is 11.8 Å². The molecular formula is C30H27ClN6O3. The fourth-order valence-electron chi connectivity index (χ4n) is 4.60. The number of piperidine rings is 1. The molecule has 0 aliphatic carbocycles. The quantitative estimate of drug-likeness (QED) is 0.285. The fourth-order valence-corrected chi connectivity index (χ4v) is 4.72. The topological polar surface area (TPSA) is 116 Å². The number of hydrogen-bond donors (Lipinski definition) is 3. The van der Waals surface area contributed by atoms with Crippen LogP contribution >= 0.6 is 11.6 Å². The minimum absolute atomic E-state index is 0.0804. The Labute approximate surface area is 236 Å². The number of nitrogens with zero attached hydrogens (tertiary/aromatic N) is 3. The number of benzene rings is 2. The maximum Gasteiger partial charge on any atom is 0.258 e. The van der Waals surface area contributed by atoms with Crippen molar-refractivity contribution in [2.24, 2.45) is 5.92 Å². The zero-order valence-corrected chi connectivity index (χ0v) is 22.3. The number of carbonyl (C=O) groups is 3. The Balaban J connectivity index is 1.45. The van der Waals surface area contributed by atoms with Crippen molar-refractivity contribution in [2.75, 3.05) is 28.6 Å². The maximum atomic E-state index is 13.8. The summed E-state index contributed by atoms with van der Waals surface area (Å²) in [6.07, 6.45) is 6.08. The molecule has 0 atom stereocenters. The molecule has 3 N–H and O–H groups in total. The summed E-state index contributed by atoms with van der Waals surface area (Å²) in [5.41, 5.74) is 1.92. The van der Waals surface area contributed by atoms with E-state index in [1.807, 2.05) is 0 Å². The first-order valence-corrected chi connectivity index (χ1v) is 13.3. The molecule has 3 heterocycles. The van der Waals surface area contributed by atoms with Crippen molar-refractivity contribution >= 4 is 52.2 Å². The average molecular weight is 555 g/mol. The zero-order chi connectivity index (χ0) is 27.9. The lowest BCUT2D eigenvalue weighted by molar-refractivity contribution is -0.122. The van der Waals surface area contributed by atoms with Crippen molar-refractivity contribution in [3.05, 3.63) is 108 Å². The summed E-state index contributed by atoms with van der Waals surface area (Å²) in [6, 6.07) is 20.3. The van der Waals surface area contributed by atoms with Crippen LogP contribution < -0.4 is 20.9 Å². The molecule has 202 valence electrons. The molecule has 1 aliphatic rings. The molecule has 0 bridgehead atoms. The van der Waals surface area contributed by atoms with Gasteiger partial charge in [-0.3, -0.25) is 24.3 Å². The summed E-state index contributed by atoms with van der Waals surface area (Å²) >= 11 is 5.89. The number of halogens is 1. The van der Waals surface area contributed by atoms with Gasteiger partial charge in [-0.05, 0) is 74.5 Å². The van der Waals surface area contributed by atoms with E-state index in [0.29, 0.717) is 40.7 Å². The van der Waals surface area contributed by atoms with Crippen LogP contribution in [0.3, 0.4) is 0 Å². The minimum Gasteiger partial charge on any atom is -0.321 e. The first kappa shape index (κ1) is 27.0. The van der Waals surface area contributed by atoms with Crippen LogP contribution in [0.2, 0.25) is 5.02 Å². The third-order valence-corrected chi connectivity index (χ3v) is 6.83. The highest BCUT2D eigenvalue weighted by atomic mass is 35.5. The van der Waals surface area contributed by atoms with Gasteiger partial charge in [-0.25, -0.2) is 4.98 Å². The van der Waals surface area contributed by atoms with E-state index in [-0.39, 0.29) is 23.0 Å². The zero-order valence-electron chi connectivity index (χ0n) is 21.5. The Bertz CT molecular complexity index is 1510.